The number of urea groups is 1. The number of nitrogens with zero attached hydrogens (tertiary/aromatic N) is 3. The molecule has 1 aliphatic rings. The molecule has 11 nitrogen and oxygen atoms in total. The zero-order chi connectivity index (χ0) is 32.7. The van der Waals surface area contributed by atoms with E-state index < -0.39 is 48.0 Å². The Morgan fingerprint density at radius 3 is 2.60 bits per heavy atom. The van der Waals surface area contributed by atoms with Gasteiger partial charge in [0.05, 0.1) is 35.7 Å². The maximum atomic E-state index is 13.9. The number of benzene rings is 3. The minimum absolute atomic E-state index is 0.0133. The number of amidine groups is 1. The number of carbonyl (C=O) groups is 3. The molecule has 1 unspecified atom stereocenters. The molecule has 3 aromatic rings. The maximum Gasteiger partial charge on any atom is 0.337 e. The fraction of sp³-hybridized carbons (Fsp3) is 0.258. The fourth-order valence-electron chi connectivity index (χ4n) is 4.85. The van der Waals surface area contributed by atoms with Gasteiger partial charge in [0.15, 0.2) is 11.6 Å². The molecule has 1 saturated heterocycles. The molecule has 0 bridgehead atoms. The smallest absolute Gasteiger partial charge is 0.337 e. The lowest BCUT2D eigenvalue weighted by atomic mass is 9.95. The van der Waals surface area contributed by atoms with Crippen molar-refractivity contribution in [2.24, 2.45) is 11.1 Å². The molecular weight excluding hydrogens is 610 g/mol. The second kappa shape index (κ2) is 14.5. The van der Waals surface area contributed by atoms with E-state index in [2.05, 4.69) is 21.9 Å². The number of nitrogens with two attached hydrogens (primary N) is 1. The zero-order valence-electron chi connectivity index (χ0n) is 24.0. The topological polar surface area (TPSA) is 170 Å². The molecule has 234 valence electrons. The lowest BCUT2D eigenvalue weighted by Crippen LogP contribution is -2.48. The quantitative estimate of drug-likeness (QED) is 0.187. The van der Waals surface area contributed by atoms with Gasteiger partial charge in [-0.1, -0.05) is 36.2 Å². The molecule has 5 N–H and O–H groups in total. The lowest BCUT2D eigenvalue weighted by molar-refractivity contribution is -0.131. The Bertz CT molecular complexity index is 1680. The van der Waals surface area contributed by atoms with Crippen LogP contribution in [-0.2, 0) is 11.2 Å². The van der Waals surface area contributed by atoms with Crippen LogP contribution in [0.15, 0.2) is 59.8 Å². The van der Waals surface area contributed by atoms with Gasteiger partial charge in [-0.25, -0.2) is 18.4 Å². The average molecular weight is 639 g/mol. The average Bonchev–Trinajstić information content (AvgIpc) is 3.13. The van der Waals surface area contributed by atoms with Crippen LogP contribution in [0.2, 0.25) is 5.02 Å². The summed E-state index contributed by atoms with van der Waals surface area (Å²) in [4.78, 5) is 45.2. The Hall–Kier alpha value is -5.22. The van der Waals surface area contributed by atoms with Gasteiger partial charge in [0.25, 0.3) is 0 Å². The minimum atomic E-state index is -1.20. The highest BCUT2D eigenvalue weighted by atomic mass is 35.5. The summed E-state index contributed by atoms with van der Waals surface area (Å²) >= 11 is 6.15. The summed E-state index contributed by atoms with van der Waals surface area (Å²) in [5.41, 5.74) is 7.21. The summed E-state index contributed by atoms with van der Waals surface area (Å²) < 4.78 is 27.4. The van der Waals surface area contributed by atoms with E-state index in [1.165, 1.54) is 24.3 Å². The second-order valence-electron chi connectivity index (χ2n) is 10.3. The number of hydrogen-bond acceptors (Lipinski definition) is 7. The summed E-state index contributed by atoms with van der Waals surface area (Å²) in [6.07, 6.45) is 1.11. The summed E-state index contributed by atoms with van der Waals surface area (Å²) in [7, 11) is 0. The molecule has 3 amide bonds. The van der Waals surface area contributed by atoms with Gasteiger partial charge in [-0.05, 0) is 54.3 Å². The number of oxime groups is 1. The van der Waals surface area contributed by atoms with Gasteiger partial charge in [-0.2, -0.15) is 5.26 Å². The van der Waals surface area contributed by atoms with Gasteiger partial charge in [-0.3, -0.25) is 9.69 Å². The van der Waals surface area contributed by atoms with E-state index in [4.69, 9.17) is 22.2 Å². The molecule has 1 aliphatic heterocycles. The van der Waals surface area contributed by atoms with E-state index in [1.807, 2.05) is 6.92 Å². The number of anilines is 1. The van der Waals surface area contributed by atoms with Crippen LogP contribution in [0, 0.1) is 28.9 Å². The Balaban J connectivity index is 1.65. The fourth-order valence-corrected chi connectivity index (χ4v) is 5.04. The van der Waals surface area contributed by atoms with Crippen molar-refractivity contribution >= 4 is 41.0 Å². The number of halogens is 3. The van der Waals surface area contributed by atoms with Crippen LogP contribution in [0.25, 0.3) is 0 Å². The summed E-state index contributed by atoms with van der Waals surface area (Å²) in [5, 5.41) is 29.0. The van der Waals surface area contributed by atoms with E-state index in [1.54, 1.807) is 12.1 Å². The van der Waals surface area contributed by atoms with E-state index >= 15 is 0 Å². The first-order valence-corrected chi connectivity index (χ1v) is 14.2. The van der Waals surface area contributed by atoms with Crippen molar-refractivity contribution < 1.29 is 33.1 Å². The van der Waals surface area contributed by atoms with Crippen LogP contribution in [0.4, 0.5) is 19.3 Å². The van der Waals surface area contributed by atoms with Gasteiger partial charge in [0, 0.05) is 35.5 Å². The van der Waals surface area contributed by atoms with Gasteiger partial charge in [0.1, 0.15) is 11.6 Å². The van der Waals surface area contributed by atoms with E-state index in [9.17, 15) is 33.5 Å². The third-order valence-electron chi connectivity index (χ3n) is 7.06. The number of carbonyl (C=O) groups excluding carboxylic acids is 2. The Labute approximate surface area is 262 Å². The molecule has 45 heavy (non-hydrogen) atoms. The van der Waals surface area contributed by atoms with Crippen LogP contribution in [0.3, 0.4) is 0 Å². The number of carboxylic acids is 1. The number of nitrogen functional groups attached to an aromatic ring is 1. The summed E-state index contributed by atoms with van der Waals surface area (Å²) in [5.74, 6) is -4.66. The molecule has 0 radical (unpaired) electrons. The number of amides is 3. The van der Waals surface area contributed by atoms with Crippen LogP contribution in [-0.4, -0.2) is 46.8 Å². The predicted octanol–water partition coefficient (Wildman–Crippen LogP) is 5.00. The highest BCUT2D eigenvalue weighted by Gasteiger charge is 2.35. The van der Waals surface area contributed by atoms with Crippen molar-refractivity contribution in [3.63, 3.8) is 0 Å². The van der Waals surface area contributed by atoms with Gasteiger partial charge in [0.2, 0.25) is 5.91 Å². The number of hydrogen-bond donors (Lipinski definition) is 4. The minimum Gasteiger partial charge on any atom is -0.478 e. The van der Waals surface area contributed by atoms with Crippen LogP contribution in [0.1, 0.15) is 52.9 Å². The largest absolute Gasteiger partial charge is 0.478 e. The van der Waals surface area contributed by atoms with E-state index in [0.29, 0.717) is 40.6 Å². The SMILES string of the molecule is CCCC(NC(=O)N1C/C(=N/Oc2cc(F)cc(F)c2)NC[C@@H](Cc2cc(Cl)ccc2C#N)C1=O)c1ccc(C(=O)O)c(N)c1. The van der Waals surface area contributed by atoms with Crippen molar-refractivity contribution in [3.8, 4) is 11.8 Å². The molecule has 0 spiro atoms. The van der Waals surface area contributed by atoms with E-state index in [0.717, 1.165) is 17.0 Å². The number of rotatable bonds is 9. The third-order valence-corrected chi connectivity index (χ3v) is 7.29. The highest BCUT2D eigenvalue weighted by molar-refractivity contribution is 6.30. The Morgan fingerprint density at radius 1 is 1.22 bits per heavy atom. The first-order chi connectivity index (χ1) is 21.5. The van der Waals surface area contributed by atoms with Gasteiger partial charge >= 0.3 is 12.0 Å². The first-order valence-electron chi connectivity index (χ1n) is 13.9. The molecule has 1 fully saturated rings. The van der Waals surface area contributed by atoms with Crippen molar-refractivity contribution in [3.05, 3.63) is 93.5 Å². The molecule has 3 aromatic carbocycles. The Morgan fingerprint density at radius 2 is 1.96 bits per heavy atom. The van der Waals surface area contributed by atoms with Crippen LogP contribution >= 0.6 is 11.6 Å². The predicted molar refractivity (Wildman–Crippen MR) is 161 cm³/mol. The number of aromatic carboxylic acids is 1. The summed E-state index contributed by atoms with van der Waals surface area (Å²) in [6, 6.07) is 12.1. The molecule has 0 saturated carbocycles. The number of imide groups is 1. The number of nitriles is 1. The monoisotopic (exact) mass is 638 g/mol. The van der Waals surface area contributed by atoms with Crippen molar-refractivity contribution in [2.45, 2.75) is 32.2 Å². The number of carboxylic acid groups (broad SMARTS) is 1. The molecule has 1 heterocycles. The van der Waals surface area contributed by atoms with Gasteiger partial charge in [-0.15, -0.1) is 0 Å². The Kier molecular flexibility index (Phi) is 10.5. The molecule has 0 aliphatic carbocycles. The molecule has 4 rings (SSSR count). The zero-order valence-corrected chi connectivity index (χ0v) is 24.8. The van der Waals surface area contributed by atoms with Crippen molar-refractivity contribution in [1.82, 2.24) is 15.5 Å². The summed E-state index contributed by atoms with van der Waals surface area (Å²) in [6.45, 7) is 1.48. The van der Waals surface area contributed by atoms with Crippen molar-refractivity contribution in [2.75, 3.05) is 18.8 Å². The van der Waals surface area contributed by atoms with Gasteiger partial charge < -0.3 is 26.3 Å². The van der Waals surface area contributed by atoms with E-state index in [-0.39, 0.29) is 35.8 Å². The third kappa shape index (κ3) is 8.24. The van der Waals surface area contributed by atoms with Crippen molar-refractivity contribution in [1.29, 1.82) is 5.26 Å². The lowest BCUT2D eigenvalue weighted by Gasteiger charge is -2.26. The first kappa shape index (κ1) is 32.7. The normalized spacial score (nSPS) is 16.3. The molecule has 14 heteroatoms. The molecule has 2 atom stereocenters. The maximum absolute atomic E-state index is 13.9. The van der Waals surface area contributed by atoms with Crippen LogP contribution < -0.4 is 21.2 Å². The number of nitrogens with one attached hydrogen (secondary N) is 2. The standard InChI is InChI=1S/C31H29ClF2N6O5/c1-2-3-27(17-5-7-25(30(42)43)26(36)10-17)38-31(44)40-16-28(39-45-24-12-22(33)11-23(34)13-24)37-15-20(29(40)41)8-19-9-21(32)6-4-18(19)14-35/h4-7,9-13,20,27H,2-3,8,15-16,36H2,1H3,(H,37,39)(H,38,44)(H,42,43)/t20-,27?/m1/s1. The molecular formula is C31H29ClF2N6O5. The van der Waals surface area contributed by atoms with Crippen LogP contribution in [0.5, 0.6) is 5.75 Å². The molecule has 0 aromatic heterocycles. The highest BCUT2D eigenvalue weighted by Crippen LogP contribution is 2.25. The second-order valence-corrected chi connectivity index (χ2v) is 10.7.